The van der Waals surface area contributed by atoms with Crippen molar-refractivity contribution in [3.63, 3.8) is 0 Å². The first-order valence-corrected chi connectivity index (χ1v) is 11.9. The zero-order chi connectivity index (χ0) is 21.6. The molecule has 1 amide bonds. The number of nitrogens with zero attached hydrogens (tertiary/aromatic N) is 1. The van der Waals surface area contributed by atoms with Gasteiger partial charge in [0.1, 0.15) is 0 Å². The molecule has 0 atom stereocenters. The molecule has 0 saturated heterocycles. The van der Waals surface area contributed by atoms with Crippen molar-refractivity contribution in [2.45, 2.75) is 40.0 Å². The molecule has 5 nitrogen and oxygen atoms in total. The summed E-state index contributed by atoms with van der Waals surface area (Å²) in [6.07, 6.45) is 2.65. The van der Waals surface area contributed by atoms with Gasteiger partial charge in [-0.1, -0.05) is 41.4 Å². The van der Waals surface area contributed by atoms with E-state index >= 15 is 0 Å². The predicted molar refractivity (Wildman–Crippen MR) is 120 cm³/mol. The molecule has 29 heavy (non-hydrogen) atoms. The molecule has 0 aromatic heterocycles. The van der Waals surface area contributed by atoms with E-state index in [1.807, 2.05) is 57.2 Å². The summed E-state index contributed by atoms with van der Waals surface area (Å²) in [5.41, 5.74) is 4.74. The summed E-state index contributed by atoms with van der Waals surface area (Å²) in [5.74, 6) is -0.0789. The van der Waals surface area contributed by atoms with E-state index in [0.717, 1.165) is 28.7 Å². The standard InChI is InChI=1S/C22H29ClN2O3S/c1-16-14-17(2)22(18(3)15-16)25(29(4,27)28)13-5-6-21(26)24-12-11-19-7-9-20(23)10-8-19/h7-10,14-15H,5-6,11-13H2,1-4H3,(H,24,26). The number of sulfonamides is 1. The number of hydrogen-bond acceptors (Lipinski definition) is 3. The summed E-state index contributed by atoms with van der Waals surface area (Å²) in [4.78, 5) is 12.1. The highest BCUT2D eigenvalue weighted by molar-refractivity contribution is 7.92. The molecule has 0 aliphatic carbocycles. The van der Waals surface area contributed by atoms with E-state index in [2.05, 4.69) is 5.32 Å². The monoisotopic (exact) mass is 436 g/mol. The molecule has 2 aromatic carbocycles. The molecule has 0 aliphatic rings. The highest BCUT2D eigenvalue weighted by Gasteiger charge is 2.21. The van der Waals surface area contributed by atoms with Crippen molar-refractivity contribution >= 4 is 33.2 Å². The minimum absolute atomic E-state index is 0.0789. The maximum Gasteiger partial charge on any atom is 0.232 e. The molecular weight excluding hydrogens is 408 g/mol. The van der Waals surface area contributed by atoms with Gasteiger partial charge >= 0.3 is 0 Å². The number of carbonyl (C=O) groups is 1. The molecular formula is C22H29ClN2O3S. The summed E-state index contributed by atoms with van der Waals surface area (Å²) < 4.78 is 26.1. The third kappa shape index (κ3) is 7.05. The van der Waals surface area contributed by atoms with E-state index in [1.54, 1.807) is 0 Å². The van der Waals surface area contributed by atoms with Crippen molar-refractivity contribution in [2.24, 2.45) is 0 Å². The number of rotatable bonds is 9. The van der Waals surface area contributed by atoms with Crippen LogP contribution in [0.25, 0.3) is 0 Å². The second kappa shape index (κ2) is 10.1. The van der Waals surface area contributed by atoms with Gasteiger partial charge in [-0.05, 0) is 62.4 Å². The minimum Gasteiger partial charge on any atom is -0.356 e. The molecule has 158 valence electrons. The first-order chi connectivity index (χ1) is 13.6. The summed E-state index contributed by atoms with van der Waals surface area (Å²) in [7, 11) is -3.44. The highest BCUT2D eigenvalue weighted by atomic mass is 35.5. The molecule has 0 bridgehead atoms. The normalized spacial score (nSPS) is 11.3. The Morgan fingerprint density at radius 3 is 2.21 bits per heavy atom. The van der Waals surface area contributed by atoms with Crippen LogP contribution in [0.15, 0.2) is 36.4 Å². The van der Waals surface area contributed by atoms with Crippen LogP contribution in [0.4, 0.5) is 5.69 Å². The van der Waals surface area contributed by atoms with Gasteiger partial charge in [-0.25, -0.2) is 8.42 Å². The van der Waals surface area contributed by atoms with Gasteiger partial charge in [-0.2, -0.15) is 0 Å². The van der Waals surface area contributed by atoms with Crippen LogP contribution in [0.5, 0.6) is 0 Å². The Hall–Kier alpha value is -2.05. The van der Waals surface area contributed by atoms with Gasteiger partial charge in [0.2, 0.25) is 15.9 Å². The Labute approximate surface area is 179 Å². The Morgan fingerprint density at radius 2 is 1.66 bits per heavy atom. The smallest absolute Gasteiger partial charge is 0.232 e. The first-order valence-electron chi connectivity index (χ1n) is 9.64. The van der Waals surface area contributed by atoms with E-state index in [4.69, 9.17) is 11.6 Å². The fourth-order valence-corrected chi connectivity index (χ4v) is 4.68. The van der Waals surface area contributed by atoms with Crippen molar-refractivity contribution < 1.29 is 13.2 Å². The van der Waals surface area contributed by atoms with E-state index in [9.17, 15) is 13.2 Å². The van der Waals surface area contributed by atoms with Crippen molar-refractivity contribution in [3.05, 3.63) is 63.7 Å². The SMILES string of the molecule is Cc1cc(C)c(N(CCCC(=O)NCCc2ccc(Cl)cc2)S(C)(=O)=O)c(C)c1. The fraction of sp³-hybridized carbons (Fsp3) is 0.409. The topological polar surface area (TPSA) is 66.5 Å². The lowest BCUT2D eigenvalue weighted by molar-refractivity contribution is -0.121. The summed E-state index contributed by atoms with van der Waals surface area (Å²) in [5, 5.41) is 3.58. The van der Waals surface area contributed by atoms with Crippen LogP contribution in [0.1, 0.15) is 35.1 Å². The molecule has 2 rings (SSSR count). The maximum absolute atomic E-state index is 12.4. The van der Waals surface area contributed by atoms with Gasteiger partial charge < -0.3 is 5.32 Å². The summed E-state index contributed by atoms with van der Waals surface area (Å²) >= 11 is 5.87. The first kappa shape index (κ1) is 23.2. The van der Waals surface area contributed by atoms with Crippen LogP contribution in [0.2, 0.25) is 5.02 Å². The molecule has 0 saturated carbocycles. The van der Waals surface area contributed by atoms with Gasteiger partial charge in [0.05, 0.1) is 11.9 Å². The van der Waals surface area contributed by atoms with Gasteiger partial charge in [0.15, 0.2) is 0 Å². The summed E-state index contributed by atoms with van der Waals surface area (Å²) in [6.45, 7) is 6.62. The van der Waals surface area contributed by atoms with E-state index in [-0.39, 0.29) is 18.9 Å². The zero-order valence-electron chi connectivity index (χ0n) is 17.5. The highest BCUT2D eigenvalue weighted by Crippen LogP contribution is 2.28. The second-order valence-corrected chi connectivity index (χ2v) is 9.76. The van der Waals surface area contributed by atoms with Crippen molar-refractivity contribution in [1.29, 1.82) is 0 Å². The number of halogens is 1. The lowest BCUT2D eigenvalue weighted by atomic mass is 10.0. The number of carbonyl (C=O) groups excluding carboxylic acids is 1. The number of aryl methyl sites for hydroxylation is 3. The molecule has 0 fully saturated rings. The van der Waals surface area contributed by atoms with Crippen molar-refractivity contribution in [3.8, 4) is 0 Å². The van der Waals surface area contributed by atoms with Gasteiger partial charge in [-0.3, -0.25) is 9.10 Å². The van der Waals surface area contributed by atoms with Crippen molar-refractivity contribution in [2.75, 3.05) is 23.7 Å². The summed E-state index contributed by atoms with van der Waals surface area (Å²) in [6, 6.07) is 11.5. The lowest BCUT2D eigenvalue weighted by Gasteiger charge is -2.26. The average Bonchev–Trinajstić information content (AvgIpc) is 2.60. The third-order valence-corrected chi connectivity index (χ3v) is 6.12. The number of hydrogen-bond donors (Lipinski definition) is 1. The molecule has 0 radical (unpaired) electrons. The van der Waals surface area contributed by atoms with Crippen LogP contribution in [-0.2, 0) is 21.2 Å². The van der Waals surface area contributed by atoms with Crippen LogP contribution in [0.3, 0.4) is 0 Å². The Kier molecular flexibility index (Phi) is 8.11. The molecule has 7 heteroatoms. The molecule has 0 unspecified atom stereocenters. The largest absolute Gasteiger partial charge is 0.356 e. The van der Waals surface area contributed by atoms with Crippen LogP contribution in [0, 0.1) is 20.8 Å². The van der Waals surface area contributed by atoms with Gasteiger partial charge in [-0.15, -0.1) is 0 Å². The number of amides is 1. The Balaban J connectivity index is 1.90. The molecule has 1 N–H and O–H groups in total. The second-order valence-electron chi connectivity index (χ2n) is 7.41. The van der Waals surface area contributed by atoms with Crippen LogP contribution >= 0.6 is 11.6 Å². The van der Waals surface area contributed by atoms with Crippen molar-refractivity contribution in [1.82, 2.24) is 5.32 Å². The van der Waals surface area contributed by atoms with Gasteiger partial charge in [0, 0.05) is 24.5 Å². The van der Waals surface area contributed by atoms with E-state index in [0.29, 0.717) is 23.7 Å². The molecule has 2 aromatic rings. The number of nitrogens with one attached hydrogen (secondary N) is 1. The van der Waals surface area contributed by atoms with Crippen LogP contribution in [-0.4, -0.2) is 33.7 Å². The average molecular weight is 437 g/mol. The molecule has 0 aliphatic heterocycles. The van der Waals surface area contributed by atoms with E-state index in [1.165, 1.54) is 10.6 Å². The predicted octanol–water partition coefficient (Wildman–Crippen LogP) is 4.17. The number of anilines is 1. The molecule has 0 spiro atoms. The maximum atomic E-state index is 12.4. The zero-order valence-corrected chi connectivity index (χ0v) is 19.0. The quantitative estimate of drug-likeness (QED) is 0.641. The lowest BCUT2D eigenvalue weighted by Crippen LogP contribution is -2.33. The van der Waals surface area contributed by atoms with Gasteiger partial charge in [0.25, 0.3) is 0 Å². The fourth-order valence-electron chi connectivity index (χ4n) is 3.48. The third-order valence-electron chi connectivity index (χ3n) is 4.70. The molecule has 0 heterocycles. The minimum atomic E-state index is -3.44. The Bertz CT molecular complexity index is 934. The van der Waals surface area contributed by atoms with E-state index < -0.39 is 10.0 Å². The van der Waals surface area contributed by atoms with Crippen LogP contribution < -0.4 is 9.62 Å². The number of benzene rings is 2. The Morgan fingerprint density at radius 1 is 1.07 bits per heavy atom.